The molecule has 0 aliphatic carbocycles. The van der Waals surface area contributed by atoms with E-state index >= 15 is 0 Å². The van der Waals surface area contributed by atoms with Crippen LogP contribution in [0.1, 0.15) is 5.56 Å². The SMILES string of the molecule is COc1ccc(-c2ccc(=O)n(CCNC(=O)Cc3ccccc3F)n2)cc1OC. The number of rotatable bonds is 8. The summed E-state index contributed by atoms with van der Waals surface area (Å²) in [7, 11) is 3.09. The van der Waals surface area contributed by atoms with Crippen LogP contribution in [0.4, 0.5) is 4.39 Å². The van der Waals surface area contributed by atoms with Gasteiger partial charge in [-0.25, -0.2) is 9.07 Å². The van der Waals surface area contributed by atoms with Crippen molar-refractivity contribution in [1.29, 1.82) is 0 Å². The molecular weight excluding hydrogens is 389 g/mol. The van der Waals surface area contributed by atoms with Gasteiger partial charge in [0.2, 0.25) is 5.91 Å². The number of carbonyl (C=O) groups excluding carboxylic acids is 1. The van der Waals surface area contributed by atoms with Crippen LogP contribution in [0, 0.1) is 5.82 Å². The second-order valence-corrected chi connectivity index (χ2v) is 6.47. The molecule has 1 heterocycles. The summed E-state index contributed by atoms with van der Waals surface area (Å²) in [5.74, 6) is 0.388. The van der Waals surface area contributed by atoms with Crippen molar-refractivity contribution in [1.82, 2.24) is 15.1 Å². The van der Waals surface area contributed by atoms with E-state index in [1.807, 2.05) is 6.07 Å². The molecule has 0 bridgehead atoms. The first kappa shape index (κ1) is 21.0. The molecule has 0 saturated heterocycles. The van der Waals surface area contributed by atoms with Crippen LogP contribution in [0.2, 0.25) is 0 Å². The van der Waals surface area contributed by atoms with Gasteiger partial charge in [0.25, 0.3) is 5.56 Å². The van der Waals surface area contributed by atoms with Crippen molar-refractivity contribution in [2.45, 2.75) is 13.0 Å². The predicted octanol–water partition coefficient (Wildman–Crippen LogP) is 2.43. The van der Waals surface area contributed by atoms with Gasteiger partial charge in [-0.15, -0.1) is 0 Å². The highest BCUT2D eigenvalue weighted by Crippen LogP contribution is 2.31. The van der Waals surface area contributed by atoms with E-state index in [1.54, 1.807) is 50.6 Å². The van der Waals surface area contributed by atoms with Gasteiger partial charge in [-0.3, -0.25) is 9.59 Å². The highest BCUT2D eigenvalue weighted by Gasteiger charge is 2.10. The second-order valence-electron chi connectivity index (χ2n) is 6.47. The number of carbonyl (C=O) groups is 1. The maximum Gasteiger partial charge on any atom is 0.266 e. The minimum atomic E-state index is -0.423. The van der Waals surface area contributed by atoms with Crippen molar-refractivity contribution in [3.8, 4) is 22.8 Å². The minimum Gasteiger partial charge on any atom is -0.493 e. The lowest BCUT2D eigenvalue weighted by atomic mass is 10.1. The molecule has 1 N–H and O–H groups in total. The summed E-state index contributed by atoms with van der Waals surface area (Å²) in [4.78, 5) is 24.2. The van der Waals surface area contributed by atoms with Crippen LogP contribution in [0.3, 0.4) is 0 Å². The summed E-state index contributed by atoms with van der Waals surface area (Å²) in [5, 5.41) is 7.05. The number of halogens is 1. The molecule has 1 aromatic heterocycles. The third kappa shape index (κ3) is 5.02. The second kappa shape index (κ2) is 9.69. The molecular formula is C22H22FN3O4. The van der Waals surface area contributed by atoms with Crippen molar-refractivity contribution in [3.05, 3.63) is 76.3 Å². The summed E-state index contributed by atoms with van der Waals surface area (Å²) >= 11 is 0. The Bertz CT molecular complexity index is 1100. The summed E-state index contributed by atoms with van der Waals surface area (Å²) < 4.78 is 25.5. The Kier molecular flexibility index (Phi) is 6.79. The molecule has 0 radical (unpaired) electrons. The van der Waals surface area contributed by atoms with E-state index < -0.39 is 5.82 Å². The molecule has 3 aromatic rings. The molecule has 0 aliphatic heterocycles. The summed E-state index contributed by atoms with van der Waals surface area (Å²) in [6, 6.07) is 14.5. The minimum absolute atomic E-state index is 0.0688. The lowest BCUT2D eigenvalue weighted by molar-refractivity contribution is -0.120. The lowest BCUT2D eigenvalue weighted by Gasteiger charge is -2.11. The Hall–Kier alpha value is -3.68. The van der Waals surface area contributed by atoms with Gasteiger partial charge in [-0.2, -0.15) is 5.10 Å². The zero-order valence-corrected chi connectivity index (χ0v) is 16.7. The van der Waals surface area contributed by atoms with Gasteiger partial charge in [-0.1, -0.05) is 18.2 Å². The molecule has 0 fully saturated rings. The lowest BCUT2D eigenvalue weighted by Crippen LogP contribution is -2.32. The topological polar surface area (TPSA) is 82.5 Å². The quantitative estimate of drug-likeness (QED) is 0.616. The summed E-state index contributed by atoms with van der Waals surface area (Å²) in [6.07, 6.45) is -0.0688. The summed E-state index contributed by atoms with van der Waals surface area (Å²) in [5.41, 5.74) is 1.36. The van der Waals surface area contributed by atoms with E-state index in [4.69, 9.17) is 9.47 Å². The molecule has 0 unspecified atom stereocenters. The number of hydrogen-bond acceptors (Lipinski definition) is 5. The van der Waals surface area contributed by atoms with Crippen LogP contribution < -0.4 is 20.3 Å². The molecule has 8 heteroatoms. The molecule has 1 amide bonds. The molecule has 0 spiro atoms. The highest BCUT2D eigenvalue weighted by atomic mass is 19.1. The van der Waals surface area contributed by atoms with Gasteiger partial charge in [-0.05, 0) is 35.9 Å². The smallest absolute Gasteiger partial charge is 0.266 e. The third-order valence-corrected chi connectivity index (χ3v) is 4.50. The number of nitrogens with zero attached hydrogens (tertiary/aromatic N) is 2. The van der Waals surface area contributed by atoms with E-state index in [1.165, 1.54) is 16.8 Å². The van der Waals surface area contributed by atoms with Crippen LogP contribution >= 0.6 is 0 Å². The average Bonchev–Trinajstić information content (AvgIpc) is 2.76. The fourth-order valence-electron chi connectivity index (χ4n) is 2.94. The molecule has 0 atom stereocenters. The van der Waals surface area contributed by atoms with Crippen LogP contribution in [-0.4, -0.2) is 36.5 Å². The zero-order valence-electron chi connectivity index (χ0n) is 16.7. The molecule has 0 aliphatic rings. The molecule has 7 nitrogen and oxygen atoms in total. The average molecular weight is 411 g/mol. The van der Waals surface area contributed by atoms with Crippen molar-refractivity contribution in [3.63, 3.8) is 0 Å². The van der Waals surface area contributed by atoms with Gasteiger partial charge >= 0.3 is 0 Å². The van der Waals surface area contributed by atoms with E-state index in [0.717, 1.165) is 5.56 Å². The fraction of sp³-hybridized carbons (Fsp3) is 0.227. The number of amides is 1. The van der Waals surface area contributed by atoms with Crippen LogP contribution in [0.5, 0.6) is 11.5 Å². The molecule has 3 rings (SSSR count). The first-order chi connectivity index (χ1) is 14.5. The number of hydrogen-bond donors (Lipinski definition) is 1. The standard InChI is InChI=1S/C22H22FN3O4/c1-29-19-9-7-16(13-20(19)30-2)18-8-10-22(28)26(25-18)12-11-24-21(27)14-15-5-3-4-6-17(15)23/h3-10,13H,11-12,14H2,1-2H3,(H,24,27). The molecule has 0 saturated carbocycles. The molecule has 2 aromatic carbocycles. The number of nitrogens with one attached hydrogen (secondary N) is 1. The van der Waals surface area contributed by atoms with Crippen molar-refractivity contribution >= 4 is 5.91 Å². The van der Waals surface area contributed by atoms with Crippen molar-refractivity contribution in [2.24, 2.45) is 0 Å². The van der Waals surface area contributed by atoms with Gasteiger partial charge in [0, 0.05) is 18.2 Å². The first-order valence-electron chi connectivity index (χ1n) is 9.32. The van der Waals surface area contributed by atoms with E-state index in [-0.39, 0.29) is 31.0 Å². The predicted molar refractivity (Wildman–Crippen MR) is 110 cm³/mol. The van der Waals surface area contributed by atoms with Gasteiger partial charge in [0.05, 0.1) is 32.9 Å². The van der Waals surface area contributed by atoms with Gasteiger partial charge in [0.1, 0.15) is 5.82 Å². The monoisotopic (exact) mass is 411 g/mol. The Morgan fingerprint density at radius 1 is 1.07 bits per heavy atom. The Labute approximate surface area is 173 Å². The maximum absolute atomic E-state index is 13.6. The van der Waals surface area contributed by atoms with E-state index in [2.05, 4.69) is 10.4 Å². The van der Waals surface area contributed by atoms with E-state index in [0.29, 0.717) is 22.8 Å². The Balaban J connectivity index is 1.67. The Morgan fingerprint density at radius 2 is 1.83 bits per heavy atom. The van der Waals surface area contributed by atoms with Gasteiger partial charge in [0.15, 0.2) is 11.5 Å². The Morgan fingerprint density at radius 3 is 2.57 bits per heavy atom. The number of benzene rings is 2. The van der Waals surface area contributed by atoms with Crippen LogP contribution in [0.25, 0.3) is 11.3 Å². The molecule has 30 heavy (non-hydrogen) atoms. The van der Waals surface area contributed by atoms with Crippen molar-refractivity contribution in [2.75, 3.05) is 20.8 Å². The van der Waals surface area contributed by atoms with E-state index in [9.17, 15) is 14.0 Å². The fourth-order valence-corrected chi connectivity index (χ4v) is 2.94. The first-order valence-corrected chi connectivity index (χ1v) is 9.32. The number of ether oxygens (including phenoxy) is 2. The normalized spacial score (nSPS) is 10.5. The zero-order chi connectivity index (χ0) is 21.5. The van der Waals surface area contributed by atoms with Gasteiger partial charge < -0.3 is 14.8 Å². The van der Waals surface area contributed by atoms with Crippen LogP contribution in [-0.2, 0) is 17.8 Å². The maximum atomic E-state index is 13.6. The highest BCUT2D eigenvalue weighted by molar-refractivity contribution is 5.78. The van der Waals surface area contributed by atoms with Crippen LogP contribution in [0.15, 0.2) is 59.4 Å². The third-order valence-electron chi connectivity index (χ3n) is 4.50. The molecule has 156 valence electrons. The largest absolute Gasteiger partial charge is 0.493 e. The summed E-state index contributed by atoms with van der Waals surface area (Å²) in [6.45, 7) is 0.374. The number of methoxy groups -OCH3 is 2. The van der Waals surface area contributed by atoms with Crippen molar-refractivity contribution < 1.29 is 18.7 Å². The number of aromatic nitrogens is 2.